The SMILES string of the molecule is c1ccc(-c2nc(-c3ccccc3)nc(-c3ccc(-n4c5ccccc5c5ccc6c(sc7ccc8ccccc8c76)c54)cc3)n2)cc1. The predicted octanol–water partition coefficient (Wildman–Crippen LogP) is 11.5. The molecule has 0 bridgehead atoms. The summed E-state index contributed by atoms with van der Waals surface area (Å²) in [7, 11) is 0. The highest BCUT2D eigenvalue weighted by Crippen LogP contribution is 2.45. The maximum absolute atomic E-state index is 4.95. The molecule has 10 aromatic rings. The molecular formula is C43H26N4S. The maximum Gasteiger partial charge on any atom is 0.164 e. The molecule has 0 saturated carbocycles. The van der Waals surface area contributed by atoms with Gasteiger partial charge in [-0.1, -0.05) is 121 Å². The van der Waals surface area contributed by atoms with Crippen molar-refractivity contribution in [3.63, 3.8) is 0 Å². The van der Waals surface area contributed by atoms with E-state index in [0.29, 0.717) is 17.5 Å². The van der Waals surface area contributed by atoms with Crippen LogP contribution >= 0.6 is 11.3 Å². The third-order valence-electron chi connectivity index (χ3n) is 9.25. The molecule has 0 N–H and O–H groups in total. The highest BCUT2D eigenvalue weighted by molar-refractivity contribution is 7.26. The van der Waals surface area contributed by atoms with Crippen LogP contribution in [-0.4, -0.2) is 19.5 Å². The van der Waals surface area contributed by atoms with Crippen molar-refractivity contribution in [3.8, 4) is 39.9 Å². The average molecular weight is 631 g/mol. The molecule has 0 fully saturated rings. The third-order valence-corrected chi connectivity index (χ3v) is 10.4. The van der Waals surface area contributed by atoms with Crippen LogP contribution in [0.3, 0.4) is 0 Å². The molecule has 7 aromatic carbocycles. The molecule has 48 heavy (non-hydrogen) atoms. The van der Waals surface area contributed by atoms with E-state index in [1.807, 2.05) is 72.0 Å². The van der Waals surface area contributed by atoms with Gasteiger partial charge in [0.15, 0.2) is 17.5 Å². The largest absolute Gasteiger partial charge is 0.308 e. The van der Waals surface area contributed by atoms with E-state index in [1.165, 1.54) is 52.8 Å². The van der Waals surface area contributed by atoms with Gasteiger partial charge in [-0.25, -0.2) is 15.0 Å². The topological polar surface area (TPSA) is 43.6 Å². The van der Waals surface area contributed by atoms with E-state index in [9.17, 15) is 0 Å². The van der Waals surface area contributed by atoms with Crippen molar-refractivity contribution < 1.29 is 0 Å². The summed E-state index contributed by atoms with van der Waals surface area (Å²) in [4.78, 5) is 14.8. The highest BCUT2D eigenvalue weighted by atomic mass is 32.1. The van der Waals surface area contributed by atoms with Gasteiger partial charge in [0, 0.05) is 48.6 Å². The van der Waals surface area contributed by atoms with Gasteiger partial charge in [-0.2, -0.15) is 0 Å². The van der Waals surface area contributed by atoms with Gasteiger partial charge in [0.05, 0.1) is 15.7 Å². The zero-order valence-electron chi connectivity index (χ0n) is 25.7. The van der Waals surface area contributed by atoms with Crippen LogP contribution in [0.25, 0.3) is 92.6 Å². The molecule has 10 rings (SSSR count). The summed E-state index contributed by atoms with van der Waals surface area (Å²) in [5.41, 5.74) is 6.38. The second-order valence-electron chi connectivity index (χ2n) is 12.0. The van der Waals surface area contributed by atoms with E-state index in [1.54, 1.807) is 0 Å². The van der Waals surface area contributed by atoms with Crippen LogP contribution in [0.1, 0.15) is 0 Å². The first kappa shape index (κ1) is 27.0. The summed E-state index contributed by atoms with van der Waals surface area (Å²) < 4.78 is 5.03. The van der Waals surface area contributed by atoms with Crippen molar-refractivity contribution >= 4 is 64.1 Å². The molecule has 0 amide bonds. The minimum atomic E-state index is 0.648. The first-order valence-corrected chi connectivity index (χ1v) is 16.9. The van der Waals surface area contributed by atoms with Crippen molar-refractivity contribution in [2.45, 2.75) is 0 Å². The Kier molecular flexibility index (Phi) is 6.01. The Labute approximate surface area is 280 Å². The molecule has 0 aliphatic carbocycles. The standard InChI is InChI=1S/C43H26N4S/c1-3-12-28(13-4-1)41-44-42(29-14-5-2-6-15-29)46-43(45-41)30-19-22-31(23-20-30)47-36-18-10-9-17-33(36)34-24-25-35-38-32-16-8-7-11-27(32)21-26-37(38)48-40(35)39(34)47/h1-26H. The van der Waals surface area contributed by atoms with Crippen LogP contribution in [-0.2, 0) is 0 Å². The zero-order chi connectivity index (χ0) is 31.6. The summed E-state index contributed by atoms with van der Waals surface area (Å²) >= 11 is 1.88. The lowest BCUT2D eigenvalue weighted by molar-refractivity contribution is 1.07. The number of benzene rings is 7. The molecule has 0 aliphatic rings. The predicted molar refractivity (Wildman–Crippen MR) is 201 cm³/mol. The normalized spacial score (nSPS) is 11.8. The molecular weight excluding hydrogens is 605 g/mol. The minimum absolute atomic E-state index is 0.648. The molecule has 0 unspecified atom stereocenters. The van der Waals surface area contributed by atoms with Crippen LogP contribution in [0.2, 0.25) is 0 Å². The molecule has 4 nitrogen and oxygen atoms in total. The number of hydrogen-bond acceptors (Lipinski definition) is 4. The zero-order valence-corrected chi connectivity index (χ0v) is 26.5. The number of thiophene rings is 1. The van der Waals surface area contributed by atoms with Crippen LogP contribution < -0.4 is 0 Å². The summed E-state index contributed by atoms with van der Waals surface area (Å²) in [6, 6.07) is 55.4. The average Bonchev–Trinajstić information content (AvgIpc) is 3.72. The van der Waals surface area contributed by atoms with E-state index in [0.717, 1.165) is 22.4 Å². The number of aromatic nitrogens is 4. The molecule has 0 aliphatic heterocycles. The first-order chi connectivity index (χ1) is 23.8. The number of hydrogen-bond donors (Lipinski definition) is 0. The lowest BCUT2D eigenvalue weighted by Crippen LogP contribution is -2.00. The van der Waals surface area contributed by atoms with Gasteiger partial charge in [-0.05, 0) is 47.2 Å². The van der Waals surface area contributed by atoms with Crippen molar-refractivity contribution in [2.24, 2.45) is 0 Å². The van der Waals surface area contributed by atoms with Crippen molar-refractivity contribution in [1.82, 2.24) is 19.5 Å². The Morgan fingerprint density at radius 3 is 1.67 bits per heavy atom. The molecule has 0 spiro atoms. The molecule has 224 valence electrons. The molecule has 0 saturated heterocycles. The van der Waals surface area contributed by atoms with Crippen LogP contribution in [0.4, 0.5) is 0 Å². The van der Waals surface area contributed by atoms with Gasteiger partial charge < -0.3 is 4.57 Å². The van der Waals surface area contributed by atoms with E-state index in [2.05, 4.69) is 102 Å². The lowest BCUT2D eigenvalue weighted by Gasteiger charge is -2.11. The van der Waals surface area contributed by atoms with Crippen molar-refractivity contribution in [2.75, 3.05) is 0 Å². The van der Waals surface area contributed by atoms with E-state index in [-0.39, 0.29) is 0 Å². The van der Waals surface area contributed by atoms with Crippen molar-refractivity contribution in [1.29, 1.82) is 0 Å². The smallest absolute Gasteiger partial charge is 0.164 e. The first-order valence-electron chi connectivity index (χ1n) is 16.0. The Hall–Kier alpha value is -6.17. The quantitative estimate of drug-likeness (QED) is 0.194. The summed E-state index contributed by atoms with van der Waals surface area (Å²) in [5, 5.41) is 7.71. The second-order valence-corrected chi connectivity index (χ2v) is 13.1. The van der Waals surface area contributed by atoms with Gasteiger partial charge in [0.1, 0.15) is 0 Å². The molecule has 0 radical (unpaired) electrons. The van der Waals surface area contributed by atoms with E-state index in [4.69, 9.17) is 15.0 Å². The second kappa shape index (κ2) is 10.7. The Morgan fingerprint density at radius 2 is 0.979 bits per heavy atom. The number of rotatable bonds is 4. The molecule has 3 heterocycles. The molecule has 3 aromatic heterocycles. The number of para-hydroxylation sites is 1. The summed E-state index contributed by atoms with van der Waals surface area (Å²) in [6.07, 6.45) is 0. The van der Waals surface area contributed by atoms with Crippen LogP contribution in [0.5, 0.6) is 0 Å². The van der Waals surface area contributed by atoms with Crippen LogP contribution in [0, 0.1) is 0 Å². The highest BCUT2D eigenvalue weighted by Gasteiger charge is 2.19. The fraction of sp³-hybridized carbons (Fsp3) is 0. The van der Waals surface area contributed by atoms with E-state index >= 15 is 0 Å². The minimum Gasteiger partial charge on any atom is -0.308 e. The van der Waals surface area contributed by atoms with Gasteiger partial charge >= 0.3 is 0 Å². The summed E-state index contributed by atoms with van der Waals surface area (Å²) in [5.74, 6) is 1.96. The Morgan fingerprint density at radius 1 is 0.417 bits per heavy atom. The number of fused-ring (bicyclic) bond motifs is 9. The number of nitrogens with zero attached hydrogens (tertiary/aromatic N) is 4. The van der Waals surface area contributed by atoms with Gasteiger partial charge in [-0.15, -0.1) is 11.3 Å². The Balaban J connectivity index is 1.18. The maximum atomic E-state index is 4.95. The van der Waals surface area contributed by atoms with E-state index < -0.39 is 0 Å². The molecule has 0 atom stereocenters. The fourth-order valence-corrected chi connectivity index (χ4v) is 8.27. The van der Waals surface area contributed by atoms with Gasteiger partial charge in [0.25, 0.3) is 0 Å². The lowest BCUT2D eigenvalue weighted by atomic mass is 10.0. The van der Waals surface area contributed by atoms with Gasteiger partial charge in [-0.3, -0.25) is 0 Å². The third kappa shape index (κ3) is 4.18. The van der Waals surface area contributed by atoms with Crippen molar-refractivity contribution in [3.05, 3.63) is 158 Å². The molecule has 5 heteroatoms. The Bertz CT molecular complexity index is 2760. The monoisotopic (exact) mass is 630 g/mol. The van der Waals surface area contributed by atoms with Crippen LogP contribution in [0.15, 0.2) is 158 Å². The fourth-order valence-electron chi connectivity index (χ4n) is 7.02. The van der Waals surface area contributed by atoms with Gasteiger partial charge in [0.2, 0.25) is 0 Å². The summed E-state index contributed by atoms with van der Waals surface area (Å²) in [6.45, 7) is 0.